The summed E-state index contributed by atoms with van der Waals surface area (Å²) in [5.74, 6) is 0. The van der Waals surface area contributed by atoms with Gasteiger partial charge in [-0.25, -0.2) is 0 Å². The van der Waals surface area contributed by atoms with Gasteiger partial charge in [-0.2, -0.15) is 0 Å². The van der Waals surface area contributed by atoms with Gasteiger partial charge in [-0.05, 0) is 19.8 Å². The highest BCUT2D eigenvalue weighted by molar-refractivity contribution is 4.90. The first kappa shape index (κ1) is 7.48. The van der Waals surface area contributed by atoms with Gasteiger partial charge in [0.15, 0.2) is 0 Å². The number of rotatable bonds is 3. The molecule has 0 unspecified atom stereocenters. The van der Waals surface area contributed by atoms with Crippen molar-refractivity contribution in [2.45, 2.75) is 26.7 Å². The van der Waals surface area contributed by atoms with Crippen LogP contribution in [-0.4, -0.2) is 0 Å². The predicted octanol–water partition coefficient (Wildman–Crippen LogP) is 2.92. The van der Waals surface area contributed by atoms with Crippen LogP contribution in [0.3, 0.4) is 0 Å². The van der Waals surface area contributed by atoms with Crippen molar-refractivity contribution < 1.29 is 0 Å². The third kappa shape index (κ3) is 5.48. The zero-order valence-corrected chi connectivity index (χ0v) is 5.72. The Labute approximate surface area is 51.9 Å². The van der Waals surface area contributed by atoms with Crippen LogP contribution in [0.15, 0.2) is 24.3 Å². The molecule has 0 aliphatic rings. The molecule has 0 aliphatic heterocycles. The maximum absolute atomic E-state index is 2.18. The van der Waals surface area contributed by atoms with E-state index in [-0.39, 0.29) is 0 Å². The van der Waals surface area contributed by atoms with E-state index < -0.39 is 0 Å². The summed E-state index contributed by atoms with van der Waals surface area (Å²) in [6, 6.07) is 0. The molecule has 0 aliphatic carbocycles. The third-order valence-corrected chi connectivity index (χ3v) is 0.910. The van der Waals surface area contributed by atoms with Crippen molar-refractivity contribution in [1.82, 2.24) is 0 Å². The van der Waals surface area contributed by atoms with Crippen LogP contribution in [0.4, 0.5) is 0 Å². The fourth-order valence-electron chi connectivity index (χ4n) is 0.478. The first-order chi connectivity index (χ1) is 3.91. The Morgan fingerprint density at radius 3 is 2.38 bits per heavy atom. The van der Waals surface area contributed by atoms with Crippen molar-refractivity contribution in [2.24, 2.45) is 0 Å². The summed E-state index contributed by atoms with van der Waals surface area (Å²) >= 11 is 0. The Morgan fingerprint density at radius 2 is 1.88 bits per heavy atom. The van der Waals surface area contributed by atoms with Crippen molar-refractivity contribution in [3.8, 4) is 0 Å². The molecule has 0 amide bonds. The molecule has 0 rings (SSSR count). The summed E-state index contributed by atoms with van der Waals surface area (Å²) in [6.45, 7) is 4.19. The molecule has 46 valence electrons. The summed E-state index contributed by atoms with van der Waals surface area (Å²) in [5.41, 5.74) is 0. The molecule has 0 aromatic heterocycles. The van der Waals surface area contributed by atoms with Gasteiger partial charge in [0.25, 0.3) is 0 Å². The molecule has 0 saturated carbocycles. The minimum Gasteiger partial charge on any atom is -0.0914 e. The number of hydrogen-bond donors (Lipinski definition) is 0. The van der Waals surface area contributed by atoms with E-state index in [0.717, 1.165) is 12.8 Å². The summed E-state index contributed by atoms with van der Waals surface area (Å²) in [6.07, 6.45) is 10.8. The van der Waals surface area contributed by atoms with Gasteiger partial charge >= 0.3 is 0 Å². The molecule has 0 spiro atoms. The molecular weight excluding hydrogens is 96.1 g/mol. The van der Waals surface area contributed by atoms with Gasteiger partial charge in [0.2, 0.25) is 0 Å². The number of allylic oxidation sites excluding steroid dienone is 4. The predicted molar refractivity (Wildman–Crippen MR) is 38.9 cm³/mol. The average molecular weight is 110 g/mol. The van der Waals surface area contributed by atoms with Crippen molar-refractivity contribution >= 4 is 0 Å². The molecule has 0 saturated heterocycles. The van der Waals surface area contributed by atoms with Crippen LogP contribution in [-0.2, 0) is 0 Å². The molecule has 0 heteroatoms. The van der Waals surface area contributed by atoms with Crippen LogP contribution in [0.25, 0.3) is 0 Å². The van der Waals surface area contributed by atoms with E-state index in [1.54, 1.807) is 0 Å². The van der Waals surface area contributed by atoms with Gasteiger partial charge in [-0.3, -0.25) is 0 Å². The maximum Gasteiger partial charge on any atom is -0.0169 e. The highest BCUT2D eigenvalue weighted by Gasteiger charge is 1.65. The fraction of sp³-hybridized carbons (Fsp3) is 0.500. The molecular formula is C8H14. The minimum atomic E-state index is 1.09. The SMILES string of the molecule is CC=CC/C=C\CC. The molecule has 0 atom stereocenters. The summed E-state index contributed by atoms with van der Waals surface area (Å²) in [7, 11) is 0. The van der Waals surface area contributed by atoms with E-state index in [1.807, 2.05) is 6.92 Å². The van der Waals surface area contributed by atoms with Crippen molar-refractivity contribution in [1.29, 1.82) is 0 Å². The Bertz CT molecular complexity index is 78.0. The topological polar surface area (TPSA) is 0 Å². The van der Waals surface area contributed by atoms with Crippen molar-refractivity contribution in [3.63, 3.8) is 0 Å². The number of hydrogen-bond acceptors (Lipinski definition) is 0. The second-order valence-corrected chi connectivity index (χ2v) is 1.68. The Hall–Kier alpha value is -0.520. The van der Waals surface area contributed by atoms with Gasteiger partial charge in [0.05, 0.1) is 0 Å². The third-order valence-electron chi connectivity index (χ3n) is 0.910. The van der Waals surface area contributed by atoms with Crippen LogP contribution in [0.1, 0.15) is 26.7 Å². The summed E-state index contributed by atoms with van der Waals surface area (Å²) in [4.78, 5) is 0. The van der Waals surface area contributed by atoms with Gasteiger partial charge in [0, 0.05) is 0 Å². The lowest BCUT2D eigenvalue weighted by Crippen LogP contribution is -1.56. The molecule has 0 N–H and O–H groups in total. The Morgan fingerprint density at radius 1 is 1.12 bits per heavy atom. The van der Waals surface area contributed by atoms with Crippen LogP contribution in [0.2, 0.25) is 0 Å². The lowest BCUT2D eigenvalue weighted by Gasteiger charge is -1.77. The van der Waals surface area contributed by atoms with E-state index in [0.29, 0.717) is 0 Å². The van der Waals surface area contributed by atoms with E-state index in [2.05, 4.69) is 31.2 Å². The average Bonchev–Trinajstić information content (AvgIpc) is 1.81. The van der Waals surface area contributed by atoms with Crippen LogP contribution in [0, 0.1) is 0 Å². The van der Waals surface area contributed by atoms with Gasteiger partial charge in [-0.1, -0.05) is 31.2 Å². The smallest absolute Gasteiger partial charge is 0.0169 e. The largest absolute Gasteiger partial charge is 0.0914 e. The molecule has 0 heterocycles. The quantitative estimate of drug-likeness (QED) is 0.490. The molecule has 0 bridgehead atoms. The second kappa shape index (κ2) is 6.48. The van der Waals surface area contributed by atoms with E-state index in [9.17, 15) is 0 Å². The fourth-order valence-corrected chi connectivity index (χ4v) is 0.478. The highest BCUT2D eigenvalue weighted by Crippen LogP contribution is 1.86. The lowest BCUT2D eigenvalue weighted by molar-refractivity contribution is 1.20. The first-order valence-electron chi connectivity index (χ1n) is 3.18. The van der Waals surface area contributed by atoms with E-state index >= 15 is 0 Å². The van der Waals surface area contributed by atoms with Gasteiger partial charge < -0.3 is 0 Å². The Kier molecular flexibility index (Phi) is 6.06. The van der Waals surface area contributed by atoms with Crippen molar-refractivity contribution in [3.05, 3.63) is 24.3 Å². The zero-order valence-electron chi connectivity index (χ0n) is 5.72. The lowest BCUT2D eigenvalue weighted by atomic mass is 10.3. The highest BCUT2D eigenvalue weighted by atomic mass is 13.7. The maximum atomic E-state index is 2.18. The minimum absolute atomic E-state index is 1.09. The van der Waals surface area contributed by atoms with Crippen molar-refractivity contribution in [2.75, 3.05) is 0 Å². The van der Waals surface area contributed by atoms with Gasteiger partial charge in [0.1, 0.15) is 0 Å². The molecule has 0 aromatic rings. The second-order valence-electron chi connectivity index (χ2n) is 1.68. The Balaban J connectivity index is 3.03. The molecule has 0 fully saturated rings. The monoisotopic (exact) mass is 110 g/mol. The molecule has 0 aromatic carbocycles. The van der Waals surface area contributed by atoms with Crippen LogP contribution >= 0.6 is 0 Å². The first-order valence-corrected chi connectivity index (χ1v) is 3.18. The van der Waals surface area contributed by atoms with E-state index in [4.69, 9.17) is 0 Å². The van der Waals surface area contributed by atoms with Gasteiger partial charge in [-0.15, -0.1) is 0 Å². The molecule has 0 radical (unpaired) electrons. The molecule has 0 nitrogen and oxygen atoms in total. The van der Waals surface area contributed by atoms with Crippen LogP contribution < -0.4 is 0 Å². The summed E-state index contributed by atoms with van der Waals surface area (Å²) < 4.78 is 0. The molecule has 8 heavy (non-hydrogen) atoms. The zero-order chi connectivity index (χ0) is 6.24. The van der Waals surface area contributed by atoms with Crippen LogP contribution in [0.5, 0.6) is 0 Å². The summed E-state index contributed by atoms with van der Waals surface area (Å²) in [5, 5.41) is 0. The van der Waals surface area contributed by atoms with E-state index in [1.165, 1.54) is 0 Å². The standard InChI is InChI=1S/C8H14/c1-3-5-7-8-6-4-2/h3,5-6,8H,4,7H2,1-2H3/b5-3?,8-6-. The normalized spacial score (nSPS) is 11.8.